The molecule has 1 N–H and O–H groups in total. The van der Waals surface area contributed by atoms with Crippen LogP contribution in [0.2, 0.25) is 0 Å². The van der Waals surface area contributed by atoms with Crippen LogP contribution in [0, 0.1) is 0 Å². The molecule has 1 heterocycles. The highest BCUT2D eigenvalue weighted by Gasteiger charge is 2.21. The van der Waals surface area contributed by atoms with Gasteiger partial charge in [0, 0.05) is 44.0 Å². The second-order valence-corrected chi connectivity index (χ2v) is 9.00. The molecule has 0 aliphatic carbocycles. The third-order valence-corrected chi connectivity index (χ3v) is 6.23. The molecule has 0 radical (unpaired) electrons. The van der Waals surface area contributed by atoms with Crippen molar-refractivity contribution in [1.82, 2.24) is 9.80 Å². The molecular weight excluding hydrogens is 386 g/mol. The largest absolute Gasteiger partial charge is 0.336 e. The Balaban J connectivity index is 1.49. The molecule has 0 spiro atoms. The van der Waals surface area contributed by atoms with Gasteiger partial charge in [-0.3, -0.25) is 14.4 Å². The smallest absolute Gasteiger partial charge is 0.253 e. The topological polar surface area (TPSA) is 69.7 Å². The number of benzene rings is 2. The molecule has 1 aliphatic heterocycles. The summed E-state index contributed by atoms with van der Waals surface area (Å²) in [6, 6.07) is 16.8. The monoisotopic (exact) mass is 413 g/mol. The first-order chi connectivity index (χ1) is 14.0. The van der Waals surface area contributed by atoms with E-state index in [1.807, 2.05) is 23.1 Å². The van der Waals surface area contributed by atoms with Crippen molar-refractivity contribution < 1.29 is 13.2 Å². The molecule has 0 bridgehead atoms. The van der Waals surface area contributed by atoms with Crippen molar-refractivity contribution in [1.29, 1.82) is 0 Å². The lowest BCUT2D eigenvalue weighted by molar-refractivity contribution is 0.0650. The molecule has 1 fully saturated rings. The van der Waals surface area contributed by atoms with E-state index in [2.05, 4.69) is 33.9 Å². The van der Waals surface area contributed by atoms with Crippen LogP contribution in [0.3, 0.4) is 0 Å². The Hall–Kier alpha value is -2.64. The van der Waals surface area contributed by atoms with Crippen LogP contribution in [0.25, 0.3) is 6.08 Å². The van der Waals surface area contributed by atoms with Gasteiger partial charge >= 0.3 is 0 Å². The van der Waals surface area contributed by atoms with Gasteiger partial charge in [-0.2, -0.15) is 0 Å². The summed E-state index contributed by atoms with van der Waals surface area (Å²) < 4.78 is 25.7. The third-order valence-electron chi connectivity index (χ3n) is 4.92. The van der Waals surface area contributed by atoms with Crippen molar-refractivity contribution in [2.24, 2.45) is 0 Å². The highest BCUT2D eigenvalue weighted by Crippen LogP contribution is 2.14. The molecule has 29 heavy (non-hydrogen) atoms. The Kier molecular flexibility index (Phi) is 7.06. The van der Waals surface area contributed by atoms with Crippen LogP contribution < -0.4 is 4.72 Å². The molecule has 0 saturated carbocycles. The van der Waals surface area contributed by atoms with E-state index >= 15 is 0 Å². The molecular formula is C22H27N3O3S. The summed E-state index contributed by atoms with van der Waals surface area (Å²) in [4.78, 5) is 16.9. The van der Waals surface area contributed by atoms with Gasteiger partial charge in [-0.15, -0.1) is 0 Å². The maximum absolute atomic E-state index is 12.7. The lowest BCUT2D eigenvalue weighted by atomic mass is 10.1. The van der Waals surface area contributed by atoms with Crippen molar-refractivity contribution in [3.8, 4) is 0 Å². The van der Waals surface area contributed by atoms with E-state index in [-0.39, 0.29) is 11.7 Å². The Bertz CT molecular complexity index is 933. The van der Waals surface area contributed by atoms with Crippen LogP contribution in [-0.4, -0.2) is 62.6 Å². The molecule has 1 amide bonds. The number of carbonyl (C=O) groups excluding carboxylic acids is 1. The fourth-order valence-corrected chi connectivity index (χ4v) is 3.79. The van der Waals surface area contributed by atoms with Crippen LogP contribution in [0.4, 0.5) is 5.69 Å². The van der Waals surface area contributed by atoms with Gasteiger partial charge < -0.3 is 4.90 Å². The van der Waals surface area contributed by atoms with Crippen LogP contribution in [0.15, 0.2) is 60.7 Å². The number of hydrogen-bond acceptors (Lipinski definition) is 4. The molecule has 2 aromatic carbocycles. The average molecular weight is 414 g/mol. The normalized spacial score (nSPS) is 15.6. The first kappa shape index (κ1) is 21.1. The minimum atomic E-state index is -3.31. The molecule has 7 heteroatoms. The van der Waals surface area contributed by atoms with Gasteiger partial charge in [0.25, 0.3) is 5.91 Å². The Labute approximate surface area is 172 Å². The molecule has 1 saturated heterocycles. The maximum atomic E-state index is 12.7. The van der Waals surface area contributed by atoms with Gasteiger partial charge in [0.15, 0.2) is 0 Å². The zero-order valence-electron chi connectivity index (χ0n) is 16.6. The van der Waals surface area contributed by atoms with E-state index in [1.54, 1.807) is 31.2 Å². The number of piperazine rings is 1. The number of nitrogens with zero attached hydrogens (tertiary/aromatic N) is 2. The van der Waals surface area contributed by atoms with Crippen LogP contribution in [-0.2, 0) is 10.0 Å². The van der Waals surface area contributed by atoms with Crippen LogP contribution in [0.5, 0.6) is 0 Å². The van der Waals surface area contributed by atoms with Crippen molar-refractivity contribution in [3.63, 3.8) is 0 Å². The molecule has 0 aromatic heterocycles. The summed E-state index contributed by atoms with van der Waals surface area (Å²) in [7, 11) is -3.31. The van der Waals surface area contributed by atoms with Gasteiger partial charge in [-0.05, 0) is 36.8 Å². The SMILES string of the molecule is CCS(=O)(=O)Nc1ccc(C(=O)N2CCN(C/C=C/c3ccccc3)CC2)cc1. The maximum Gasteiger partial charge on any atom is 0.253 e. The third kappa shape index (κ3) is 6.17. The predicted molar refractivity (Wildman–Crippen MR) is 117 cm³/mol. The van der Waals surface area contributed by atoms with Crippen molar-refractivity contribution in [3.05, 3.63) is 71.8 Å². The summed E-state index contributed by atoms with van der Waals surface area (Å²) in [6.45, 7) is 5.48. The van der Waals surface area contributed by atoms with E-state index in [0.29, 0.717) is 24.3 Å². The summed E-state index contributed by atoms with van der Waals surface area (Å²) in [5.41, 5.74) is 2.23. The molecule has 6 nitrogen and oxygen atoms in total. The van der Waals surface area contributed by atoms with Gasteiger partial charge in [-0.25, -0.2) is 8.42 Å². The average Bonchev–Trinajstić information content (AvgIpc) is 2.75. The Morgan fingerprint density at radius 2 is 1.66 bits per heavy atom. The summed E-state index contributed by atoms with van der Waals surface area (Å²) >= 11 is 0. The fourth-order valence-electron chi connectivity index (χ4n) is 3.15. The number of nitrogens with one attached hydrogen (secondary N) is 1. The summed E-state index contributed by atoms with van der Waals surface area (Å²) in [5, 5.41) is 0. The van der Waals surface area contributed by atoms with Gasteiger partial charge in [0.2, 0.25) is 10.0 Å². The van der Waals surface area contributed by atoms with E-state index in [1.165, 1.54) is 5.56 Å². The number of hydrogen-bond donors (Lipinski definition) is 1. The second-order valence-electron chi connectivity index (χ2n) is 6.99. The first-order valence-corrected chi connectivity index (χ1v) is 11.5. The lowest BCUT2D eigenvalue weighted by Crippen LogP contribution is -2.48. The molecule has 2 aromatic rings. The molecule has 3 rings (SSSR count). The lowest BCUT2D eigenvalue weighted by Gasteiger charge is -2.34. The number of rotatable bonds is 7. The predicted octanol–water partition coefficient (Wildman–Crippen LogP) is 2.92. The van der Waals surface area contributed by atoms with Gasteiger partial charge in [0.1, 0.15) is 0 Å². The number of sulfonamides is 1. The standard InChI is InChI=1S/C22H27N3O3S/c1-2-29(27,28)23-21-12-10-20(11-13-21)22(26)25-17-15-24(16-18-25)14-6-9-19-7-4-3-5-8-19/h3-13,23H,2,14-18H2,1H3/b9-6+. The molecule has 154 valence electrons. The van der Waals surface area contributed by atoms with Crippen molar-refractivity contribution in [2.45, 2.75) is 6.92 Å². The van der Waals surface area contributed by atoms with Crippen molar-refractivity contribution in [2.75, 3.05) is 43.2 Å². The van der Waals surface area contributed by atoms with E-state index in [9.17, 15) is 13.2 Å². The minimum absolute atomic E-state index is 0.0124. The number of anilines is 1. The van der Waals surface area contributed by atoms with E-state index < -0.39 is 10.0 Å². The Morgan fingerprint density at radius 1 is 1.00 bits per heavy atom. The number of carbonyl (C=O) groups is 1. The van der Waals surface area contributed by atoms with Gasteiger partial charge in [0.05, 0.1) is 5.75 Å². The number of amides is 1. The molecule has 0 unspecified atom stereocenters. The fraction of sp³-hybridized carbons (Fsp3) is 0.318. The van der Waals surface area contributed by atoms with Gasteiger partial charge in [-0.1, -0.05) is 42.5 Å². The van der Waals surface area contributed by atoms with E-state index in [4.69, 9.17) is 0 Å². The minimum Gasteiger partial charge on any atom is -0.336 e. The highest BCUT2D eigenvalue weighted by atomic mass is 32.2. The van der Waals surface area contributed by atoms with E-state index in [0.717, 1.165) is 19.6 Å². The second kappa shape index (κ2) is 9.71. The molecule has 1 aliphatic rings. The Morgan fingerprint density at radius 3 is 2.28 bits per heavy atom. The zero-order valence-corrected chi connectivity index (χ0v) is 17.4. The first-order valence-electron chi connectivity index (χ1n) is 9.80. The highest BCUT2D eigenvalue weighted by molar-refractivity contribution is 7.92. The molecule has 0 atom stereocenters. The van der Waals surface area contributed by atoms with Crippen molar-refractivity contribution >= 4 is 27.7 Å². The quantitative estimate of drug-likeness (QED) is 0.758. The zero-order chi connectivity index (χ0) is 20.7. The van der Waals surface area contributed by atoms with Crippen LogP contribution in [0.1, 0.15) is 22.8 Å². The van der Waals surface area contributed by atoms with Crippen LogP contribution >= 0.6 is 0 Å². The summed E-state index contributed by atoms with van der Waals surface area (Å²) in [6.07, 6.45) is 4.27. The summed E-state index contributed by atoms with van der Waals surface area (Å²) in [5.74, 6) is -0.00670.